The highest BCUT2D eigenvalue weighted by molar-refractivity contribution is 7.92. The second-order valence-electron chi connectivity index (χ2n) is 7.86. The summed E-state index contributed by atoms with van der Waals surface area (Å²) >= 11 is 0. The fourth-order valence-corrected chi connectivity index (χ4v) is 5.60. The van der Waals surface area contributed by atoms with E-state index in [1.807, 2.05) is 48.5 Å². The summed E-state index contributed by atoms with van der Waals surface area (Å²) < 4.78 is 33.9. The summed E-state index contributed by atoms with van der Waals surface area (Å²) in [4.78, 5) is 13.2. The number of ether oxygens (including phenoxy) is 1. The molecule has 7 heteroatoms. The van der Waals surface area contributed by atoms with Crippen molar-refractivity contribution in [1.29, 1.82) is 0 Å². The Labute approximate surface area is 192 Å². The molecule has 0 radical (unpaired) electrons. The van der Waals surface area contributed by atoms with Crippen molar-refractivity contribution >= 4 is 38.1 Å². The van der Waals surface area contributed by atoms with Crippen LogP contribution in [0.3, 0.4) is 0 Å². The van der Waals surface area contributed by atoms with Gasteiger partial charge in [0.2, 0.25) is 10.0 Å². The first-order valence-electron chi connectivity index (χ1n) is 10.6. The Bertz CT molecular complexity index is 1420. The number of amides is 1. The fraction of sp³-hybridized carbons (Fsp3) is 0.115. The molecule has 1 heterocycles. The van der Waals surface area contributed by atoms with E-state index < -0.39 is 22.0 Å². The summed E-state index contributed by atoms with van der Waals surface area (Å²) in [6.45, 7) is -0.108. The van der Waals surface area contributed by atoms with E-state index in [2.05, 4.69) is 5.32 Å². The molecule has 1 aliphatic rings. The molecule has 1 N–H and O–H groups in total. The van der Waals surface area contributed by atoms with Crippen LogP contribution in [0.2, 0.25) is 0 Å². The molecule has 4 aromatic carbocycles. The summed E-state index contributed by atoms with van der Waals surface area (Å²) in [6, 6.07) is 29.3. The van der Waals surface area contributed by atoms with Crippen LogP contribution < -0.4 is 14.4 Å². The van der Waals surface area contributed by atoms with E-state index >= 15 is 0 Å². The van der Waals surface area contributed by atoms with Crippen LogP contribution in [-0.2, 0) is 20.6 Å². The summed E-state index contributed by atoms with van der Waals surface area (Å²) in [7, 11) is -3.75. The average Bonchev–Trinajstić information content (AvgIpc) is 2.84. The Balaban J connectivity index is 1.44. The van der Waals surface area contributed by atoms with E-state index in [0.717, 1.165) is 10.8 Å². The Morgan fingerprint density at radius 3 is 2.42 bits per heavy atom. The molecule has 166 valence electrons. The van der Waals surface area contributed by atoms with Gasteiger partial charge in [-0.25, -0.2) is 8.42 Å². The Morgan fingerprint density at radius 1 is 0.879 bits per heavy atom. The number of para-hydroxylation sites is 2. The third-order valence-electron chi connectivity index (χ3n) is 5.60. The summed E-state index contributed by atoms with van der Waals surface area (Å²) in [5.41, 5.74) is 1.76. The molecular formula is C26H22N2O4S. The Kier molecular flexibility index (Phi) is 5.48. The van der Waals surface area contributed by atoms with Crippen molar-refractivity contribution in [1.82, 2.24) is 0 Å². The third kappa shape index (κ3) is 4.27. The van der Waals surface area contributed by atoms with Gasteiger partial charge in [-0.3, -0.25) is 9.10 Å². The zero-order valence-electron chi connectivity index (χ0n) is 17.7. The van der Waals surface area contributed by atoms with Crippen LogP contribution >= 0.6 is 0 Å². The molecule has 0 fully saturated rings. The maximum Gasteiger partial charge on any atom is 0.267 e. The van der Waals surface area contributed by atoms with Crippen LogP contribution in [0.4, 0.5) is 11.4 Å². The number of anilines is 2. The predicted octanol–water partition coefficient (Wildman–Crippen LogP) is 4.58. The maximum atomic E-state index is 13.4. The number of carbonyl (C=O) groups excluding carboxylic acids is 1. The van der Waals surface area contributed by atoms with Gasteiger partial charge in [0.25, 0.3) is 5.91 Å². The molecule has 1 atom stereocenters. The number of nitrogens with zero attached hydrogens (tertiary/aromatic N) is 1. The number of benzene rings is 4. The van der Waals surface area contributed by atoms with Crippen molar-refractivity contribution in [2.45, 2.75) is 11.9 Å². The minimum absolute atomic E-state index is 0.108. The molecule has 0 spiro atoms. The van der Waals surface area contributed by atoms with Crippen molar-refractivity contribution in [2.24, 2.45) is 0 Å². The number of nitrogens with one attached hydrogen (secondary N) is 1. The topological polar surface area (TPSA) is 75.7 Å². The smallest absolute Gasteiger partial charge is 0.267 e. The number of sulfonamides is 1. The van der Waals surface area contributed by atoms with Crippen LogP contribution in [0, 0.1) is 0 Å². The van der Waals surface area contributed by atoms with Gasteiger partial charge in [-0.2, -0.15) is 0 Å². The van der Waals surface area contributed by atoms with E-state index in [-0.39, 0.29) is 12.3 Å². The zero-order valence-corrected chi connectivity index (χ0v) is 18.5. The lowest BCUT2D eigenvalue weighted by Gasteiger charge is -2.34. The quantitative estimate of drug-likeness (QED) is 0.475. The molecule has 6 nitrogen and oxygen atoms in total. The highest BCUT2D eigenvalue weighted by Gasteiger charge is 2.36. The highest BCUT2D eigenvalue weighted by Crippen LogP contribution is 2.36. The summed E-state index contributed by atoms with van der Waals surface area (Å²) in [5.74, 6) is -0.209. The predicted molar refractivity (Wildman–Crippen MR) is 130 cm³/mol. The van der Waals surface area contributed by atoms with Gasteiger partial charge in [0.15, 0.2) is 6.10 Å². The van der Waals surface area contributed by atoms with Crippen LogP contribution in [-0.4, -0.2) is 27.0 Å². The van der Waals surface area contributed by atoms with Gasteiger partial charge < -0.3 is 10.1 Å². The molecule has 0 aromatic heterocycles. The van der Waals surface area contributed by atoms with Crippen LogP contribution in [0.5, 0.6) is 5.75 Å². The summed E-state index contributed by atoms with van der Waals surface area (Å²) in [5, 5.41) is 4.82. The molecule has 5 rings (SSSR count). The molecule has 0 unspecified atom stereocenters. The lowest BCUT2D eigenvalue weighted by atomic mass is 10.1. The van der Waals surface area contributed by atoms with Gasteiger partial charge in [-0.1, -0.05) is 78.9 Å². The lowest BCUT2D eigenvalue weighted by Crippen LogP contribution is -2.49. The number of hydrogen-bond donors (Lipinski definition) is 1. The Morgan fingerprint density at radius 2 is 1.58 bits per heavy atom. The molecule has 33 heavy (non-hydrogen) atoms. The molecular weight excluding hydrogens is 436 g/mol. The Hall–Kier alpha value is -3.84. The third-order valence-corrected chi connectivity index (χ3v) is 7.32. The minimum atomic E-state index is -3.75. The summed E-state index contributed by atoms with van der Waals surface area (Å²) in [6.07, 6.45) is -0.996. The van der Waals surface area contributed by atoms with Gasteiger partial charge in [0, 0.05) is 11.1 Å². The van der Waals surface area contributed by atoms with Crippen molar-refractivity contribution in [3.05, 3.63) is 103 Å². The van der Waals surface area contributed by atoms with E-state index in [9.17, 15) is 13.2 Å². The van der Waals surface area contributed by atoms with E-state index in [1.165, 1.54) is 4.31 Å². The molecule has 1 amide bonds. The molecule has 0 saturated heterocycles. The van der Waals surface area contributed by atoms with Gasteiger partial charge in [-0.05, 0) is 29.1 Å². The molecule has 0 aliphatic carbocycles. The molecule has 1 aliphatic heterocycles. The molecule has 0 saturated carbocycles. The first kappa shape index (κ1) is 21.0. The minimum Gasteiger partial charge on any atom is -0.476 e. The number of rotatable bonds is 5. The van der Waals surface area contributed by atoms with Crippen LogP contribution in [0.25, 0.3) is 10.8 Å². The van der Waals surface area contributed by atoms with Gasteiger partial charge >= 0.3 is 0 Å². The van der Waals surface area contributed by atoms with Crippen molar-refractivity contribution < 1.29 is 17.9 Å². The molecule has 0 bridgehead atoms. The second-order valence-corrected chi connectivity index (χ2v) is 9.76. The SMILES string of the molecule is O=C(Nc1cccc2ccccc12)[C@H]1CN(S(=O)(=O)Cc2ccccc2)c2ccccc2O1. The number of carbonyl (C=O) groups is 1. The fourth-order valence-electron chi connectivity index (χ4n) is 4.01. The number of fused-ring (bicyclic) bond motifs is 2. The van der Waals surface area contributed by atoms with Gasteiger partial charge in [0.05, 0.1) is 18.0 Å². The van der Waals surface area contributed by atoms with Crippen molar-refractivity contribution in [3.8, 4) is 5.75 Å². The van der Waals surface area contributed by atoms with Crippen molar-refractivity contribution in [2.75, 3.05) is 16.2 Å². The lowest BCUT2D eigenvalue weighted by molar-refractivity contribution is -0.122. The average molecular weight is 459 g/mol. The first-order chi connectivity index (χ1) is 16.0. The van der Waals surface area contributed by atoms with Gasteiger partial charge in [-0.15, -0.1) is 0 Å². The van der Waals surface area contributed by atoms with Crippen molar-refractivity contribution in [3.63, 3.8) is 0 Å². The first-order valence-corrected chi connectivity index (χ1v) is 12.2. The van der Waals surface area contributed by atoms with Crippen LogP contribution in [0.15, 0.2) is 97.1 Å². The van der Waals surface area contributed by atoms with Gasteiger partial charge in [0.1, 0.15) is 5.75 Å². The highest BCUT2D eigenvalue weighted by atomic mass is 32.2. The standard InChI is InChI=1S/C26H22N2O4S/c29-26(27-22-14-8-12-20-11-4-5-13-21(20)22)25-17-28(23-15-6-7-16-24(23)32-25)33(30,31)18-19-9-2-1-3-10-19/h1-16,25H,17-18H2,(H,27,29)/t25-/m1/s1. The van der Waals surface area contributed by atoms with E-state index in [4.69, 9.17) is 4.74 Å². The van der Waals surface area contributed by atoms with Crippen LogP contribution in [0.1, 0.15) is 5.56 Å². The van der Waals surface area contributed by atoms with E-state index in [1.54, 1.807) is 48.5 Å². The second kappa shape index (κ2) is 8.60. The largest absolute Gasteiger partial charge is 0.476 e. The zero-order chi connectivity index (χ0) is 22.8. The monoisotopic (exact) mass is 458 g/mol. The van der Waals surface area contributed by atoms with E-state index in [0.29, 0.717) is 22.7 Å². The number of hydrogen-bond acceptors (Lipinski definition) is 4. The molecule has 4 aromatic rings. The normalized spacial score (nSPS) is 15.5. The maximum absolute atomic E-state index is 13.4.